The summed E-state index contributed by atoms with van der Waals surface area (Å²) in [6.45, 7) is -3.87. The average molecular weight is 410 g/mol. The first-order chi connectivity index (χ1) is 10.8. The standard InChI is InChI=1S/C4H10O2.2C3H6F2O3S/c1-2-4(6)3-5;2*4-1-3(2-5)9(6,7)8/h4-6H,2-3H2,1H3;2*3H,1-2H2,(H,6,7,8). The molecule has 0 spiro atoms. The maximum atomic E-state index is 11.4. The van der Waals surface area contributed by atoms with E-state index in [0.29, 0.717) is 6.42 Å². The zero-order valence-electron chi connectivity index (χ0n) is 12.7. The number of halogens is 4. The Morgan fingerprint density at radius 2 is 1.04 bits per heavy atom. The molecule has 0 aromatic carbocycles. The van der Waals surface area contributed by atoms with Crippen LogP contribution in [-0.2, 0) is 20.2 Å². The Hall–Kier alpha value is -0.540. The van der Waals surface area contributed by atoms with E-state index in [1.165, 1.54) is 0 Å². The van der Waals surface area contributed by atoms with Gasteiger partial charge in [-0.2, -0.15) is 16.8 Å². The monoisotopic (exact) mass is 410 g/mol. The zero-order valence-corrected chi connectivity index (χ0v) is 14.4. The molecule has 0 aliphatic carbocycles. The first kappa shape index (κ1) is 28.3. The molecule has 8 nitrogen and oxygen atoms in total. The molecule has 0 saturated heterocycles. The van der Waals surface area contributed by atoms with Gasteiger partial charge in [0.1, 0.15) is 37.2 Å². The quantitative estimate of drug-likeness (QED) is 0.325. The van der Waals surface area contributed by atoms with Gasteiger partial charge in [0.25, 0.3) is 20.2 Å². The van der Waals surface area contributed by atoms with E-state index in [4.69, 9.17) is 19.3 Å². The van der Waals surface area contributed by atoms with Crippen molar-refractivity contribution in [2.75, 3.05) is 33.3 Å². The van der Waals surface area contributed by atoms with Gasteiger partial charge in [-0.3, -0.25) is 9.11 Å². The second-order valence-electron chi connectivity index (χ2n) is 4.14. The Kier molecular flexibility index (Phi) is 17.4. The third kappa shape index (κ3) is 16.3. The minimum absolute atomic E-state index is 0.115. The van der Waals surface area contributed by atoms with Gasteiger partial charge in [-0.1, -0.05) is 6.92 Å². The predicted molar refractivity (Wildman–Crippen MR) is 78.0 cm³/mol. The fraction of sp³-hybridized carbons (Fsp3) is 1.00. The summed E-state index contributed by atoms with van der Waals surface area (Å²) in [5.41, 5.74) is 0. The molecule has 0 saturated carbocycles. The first-order valence-corrected chi connectivity index (χ1v) is 9.31. The Labute approximate surface area is 138 Å². The smallest absolute Gasteiger partial charge is 0.272 e. The number of aliphatic hydroxyl groups is 2. The SMILES string of the molecule is CCC(O)CO.O=S(=O)(O)C(CF)CF.O=S(=O)(O)C(CF)CF. The van der Waals surface area contributed by atoms with Gasteiger partial charge in [0.15, 0.2) is 0 Å². The normalized spacial score (nSPS) is 13.0. The average Bonchev–Trinajstić information content (AvgIpc) is 2.47. The molecule has 0 fully saturated rings. The molecule has 0 heterocycles. The second kappa shape index (κ2) is 14.8. The van der Waals surface area contributed by atoms with Crippen LogP contribution in [0.3, 0.4) is 0 Å². The van der Waals surface area contributed by atoms with Crippen molar-refractivity contribution >= 4 is 20.2 Å². The molecule has 0 aliphatic rings. The highest BCUT2D eigenvalue weighted by molar-refractivity contribution is 7.86. The summed E-state index contributed by atoms with van der Waals surface area (Å²) in [6, 6.07) is 0. The van der Waals surface area contributed by atoms with E-state index in [2.05, 4.69) is 0 Å². The number of alkyl halides is 4. The Balaban J connectivity index is -0.000000282. The van der Waals surface area contributed by atoms with Crippen LogP contribution >= 0.6 is 0 Å². The predicted octanol–water partition coefficient (Wildman–Crippen LogP) is 0.113. The summed E-state index contributed by atoms with van der Waals surface area (Å²) in [7, 11) is -9.03. The van der Waals surface area contributed by atoms with E-state index < -0.39 is 63.5 Å². The summed E-state index contributed by atoms with van der Waals surface area (Å²) in [5.74, 6) is 0. The van der Waals surface area contributed by atoms with E-state index in [9.17, 15) is 34.4 Å². The number of hydrogen-bond donors (Lipinski definition) is 4. The molecule has 0 aromatic heterocycles. The summed E-state index contributed by atoms with van der Waals surface area (Å²) in [4.78, 5) is 0. The van der Waals surface area contributed by atoms with E-state index in [1.54, 1.807) is 0 Å². The number of aliphatic hydroxyl groups excluding tert-OH is 2. The summed E-state index contributed by atoms with van der Waals surface area (Å²) in [5, 5.41) is 12.7. The van der Waals surface area contributed by atoms with Gasteiger partial charge in [-0.25, -0.2) is 17.6 Å². The minimum atomic E-state index is -4.52. The maximum absolute atomic E-state index is 11.4. The van der Waals surface area contributed by atoms with Crippen LogP contribution in [0.2, 0.25) is 0 Å². The van der Waals surface area contributed by atoms with Crippen molar-refractivity contribution < 1.29 is 53.7 Å². The molecule has 1 atom stereocenters. The zero-order chi connectivity index (χ0) is 20.0. The third-order valence-corrected chi connectivity index (χ3v) is 4.40. The minimum Gasteiger partial charge on any atom is -0.394 e. The molecule has 0 amide bonds. The van der Waals surface area contributed by atoms with E-state index in [-0.39, 0.29) is 6.61 Å². The summed E-state index contributed by atoms with van der Waals surface area (Å²) >= 11 is 0. The van der Waals surface area contributed by atoms with Gasteiger partial charge in [0.05, 0.1) is 12.7 Å². The molecule has 4 N–H and O–H groups in total. The van der Waals surface area contributed by atoms with Crippen LogP contribution in [0.25, 0.3) is 0 Å². The molecule has 24 heavy (non-hydrogen) atoms. The highest BCUT2D eigenvalue weighted by atomic mass is 32.2. The lowest BCUT2D eigenvalue weighted by Crippen LogP contribution is -2.24. The van der Waals surface area contributed by atoms with Crippen LogP contribution in [0.1, 0.15) is 13.3 Å². The van der Waals surface area contributed by atoms with Crippen molar-refractivity contribution in [3.05, 3.63) is 0 Å². The van der Waals surface area contributed by atoms with Gasteiger partial charge in [-0.15, -0.1) is 0 Å². The van der Waals surface area contributed by atoms with E-state index >= 15 is 0 Å². The van der Waals surface area contributed by atoms with Crippen LogP contribution < -0.4 is 0 Å². The maximum Gasteiger partial charge on any atom is 0.272 e. The molecule has 0 radical (unpaired) electrons. The Bertz CT molecular complexity index is 433. The van der Waals surface area contributed by atoms with Crippen LogP contribution in [0.5, 0.6) is 0 Å². The highest BCUT2D eigenvalue weighted by Crippen LogP contribution is 2.00. The summed E-state index contributed by atoms with van der Waals surface area (Å²) < 4.78 is 101. The van der Waals surface area contributed by atoms with Crippen molar-refractivity contribution in [3.8, 4) is 0 Å². The van der Waals surface area contributed by atoms with Crippen molar-refractivity contribution in [1.29, 1.82) is 0 Å². The molecule has 0 aromatic rings. The van der Waals surface area contributed by atoms with Gasteiger partial charge in [0, 0.05) is 0 Å². The lowest BCUT2D eigenvalue weighted by Gasteiger charge is -2.01. The van der Waals surface area contributed by atoms with Crippen LogP contribution in [0.4, 0.5) is 17.6 Å². The van der Waals surface area contributed by atoms with E-state index in [1.807, 2.05) is 6.92 Å². The molecule has 150 valence electrons. The van der Waals surface area contributed by atoms with Gasteiger partial charge in [-0.05, 0) is 6.42 Å². The number of hydrogen-bond acceptors (Lipinski definition) is 6. The van der Waals surface area contributed by atoms with Crippen molar-refractivity contribution in [2.24, 2.45) is 0 Å². The van der Waals surface area contributed by atoms with Crippen molar-refractivity contribution in [1.82, 2.24) is 0 Å². The highest BCUT2D eigenvalue weighted by Gasteiger charge is 2.22. The topological polar surface area (TPSA) is 149 Å². The van der Waals surface area contributed by atoms with Crippen LogP contribution in [-0.4, -0.2) is 86.1 Å². The largest absolute Gasteiger partial charge is 0.394 e. The number of rotatable bonds is 8. The molecule has 14 heteroatoms. The molecule has 1 unspecified atom stereocenters. The molecule has 0 aliphatic heterocycles. The second-order valence-corrected chi connectivity index (χ2v) is 7.53. The molecule has 0 rings (SSSR count). The summed E-state index contributed by atoms with van der Waals surface area (Å²) in [6.07, 6.45) is 0.126. The van der Waals surface area contributed by atoms with Gasteiger partial charge in [0.2, 0.25) is 0 Å². The molecular weight excluding hydrogens is 388 g/mol. The Morgan fingerprint density at radius 3 is 1.04 bits per heavy atom. The molecular formula is C10H22F4O8S2. The lowest BCUT2D eigenvalue weighted by molar-refractivity contribution is 0.0923. The lowest BCUT2D eigenvalue weighted by atomic mass is 10.3. The van der Waals surface area contributed by atoms with Crippen molar-refractivity contribution in [2.45, 2.75) is 29.9 Å². The van der Waals surface area contributed by atoms with Crippen molar-refractivity contribution in [3.63, 3.8) is 0 Å². The third-order valence-electron chi connectivity index (χ3n) is 2.21. The fourth-order valence-electron chi connectivity index (χ4n) is 0.530. The van der Waals surface area contributed by atoms with Gasteiger partial charge < -0.3 is 10.2 Å². The first-order valence-electron chi connectivity index (χ1n) is 6.30. The van der Waals surface area contributed by atoms with Gasteiger partial charge >= 0.3 is 0 Å². The molecule has 0 bridgehead atoms. The van der Waals surface area contributed by atoms with Crippen LogP contribution in [0.15, 0.2) is 0 Å². The Morgan fingerprint density at radius 1 is 0.792 bits per heavy atom. The van der Waals surface area contributed by atoms with E-state index in [0.717, 1.165) is 0 Å². The van der Waals surface area contributed by atoms with Crippen LogP contribution in [0, 0.1) is 0 Å². The fourth-order valence-corrected chi connectivity index (χ4v) is 1.17.